The minimum atomic E-state index is -1.03. The summed E-state index contributed by atoms with van der Waals surface area (Å²) in [6.07, 6.45) is 0. The molecule has 2 aromatic rings. The van der Waals surface area contributed by atoms with Crippen LogP contribution in [-0.2, 0) is 5.60 Å². The Morgan fingerprint density at radius 2 is 1.94 bits per heavy atom. The van der Waals surface area contributed by atoms with Gasteiger partial charge in [-0.05, 0) is 44.5 Å². The first-order chi connectivity index (χ1) is 7.79. The molecule has 0 fully saturated rings. The summed E-state index contributed by atoms with van der Waals surface area (Å²) in [5, 5.41) is 10.8. The Morgan fingerprint density at radius 1 is 1.29 bits per heavy atom. The van der Waals surface area contributed by atoms with Crippen LogP contribution in [0.3, 0.4) is 0 Å². The summed E-state index contributed by atoms with van der Waals surface area (Å²) in [5.74, 6) is -0.386. The van der Waals surface area contributed by atoms with E-state index in [2.05, 4.69) is 20.9 Å². The Kier molecular flexibility index (Phi) is 2.96. The van der Waals surface area contributed by atoms with Gasteiger partial charge in [0.25, 0.3) is 0 Å². The Morgan fingerprint density at radius 3 is 2.53 bits per heavy atom. The molecule has 2 rings (SSSR count). The maximum atomic E-state index is 13.8. The smallest absolute Gasteiger partial charge is 0.150 e. The average Bonchev–Trinajstić information content (AvgIpc) is 2.16. The Bertz CT molecular complexity index is 590. The van der Waals surface area contributed by atoms with E-state index in [-0.39, 0.29) is 5.82 Å². The molecule has 0 aliphatic carbocycles. The van der Waals surface area contributed by atoms with Crippen molar-refractivity contribution in [3.63, 3.8) is 0 Å². The fourth-order valence-corrected chi connectivity index (χ4v) is 2.32. The second-order valence-corrected chi connectivity index (χ2v) is 5.57. The number of halogens is 2. The van der Waals surface area contributed by atoms with E-state index in [1.165, 1.54) is 6.07 Å². The van der Waals surface area contributed by atoms with Crippen molar-refractivity contribution in [2.24, 2.45) is 0 Å². The van der Waals surface area contributed by atoms with Crippen LogP contribution in [0, 0.1) is 12.7 Å². The highest BCUT2D eigenvalue weighted by Crippen LogP contribution is 2.31. The SMILES string of the molecule is Cc1cc(C(C)(C)O)c2cc(Br)cc(F)c2n1. The highest BCUT2D eigenvalue weighted by molar-refractivity contribution is 9.10. The van der Waals surface area contributed by atoms with Crippen LogP contribution in [0.4, 0.5) is 4.39 Å². The molecule has 17 heavy (non-hydrogen) atoms. The molecule has 1 aromatic carbocycles. The van der Waals surface area contributed by atoms with Crippen molar-refractivity contribution >= 4 is 26.8 Å². The summed E-state index contributed by atoms with van der Waals surface area (Å²) in [4.78, 5) is 4.18. The molecule has 1 heterocycles. The molecule has 90 valence electrons. The van der Waals surface area contributed by atoms with Crippen molar-refractivity contribution in [3.8, 4) is 0 Å². The van der Waals surface area contributed by atoms with Crippen LogP contribution in [0.15, 0.2) is 22.7 Å². The summed E-state index contributed by atoms with van der Waals surface area (Å²) in [6.45, 7) is 5.15. The number of benzene rings is 1. The van der Waals surface area contributed by atoms with E-state index in [1.54, 1.807) is 32.9 Å². The highest BCUT2D eigenvalue weighted by atomic mass is 79.9. The fraction of sp³-hybridized carbons (Fsp3) is 0.308. The number of rotatable bonds is 1. The van der Waals surface area contributed by atoms with Gasteiger partial charge in [0.2, 0.25) is 0 Å². The quantitative estimate of drug-likeness (QED) is 0.871. The first kappa shape index (κ1) is 12.5. The summed E-state index contributed by atoms with van der Waals surface area (Å²) in [6, 6.07) is 4.94. The topological polar surface area (TPSA) is 33.1 Å². The van der Waals surface area contributed by atoms with Gasteiger partial charge in [-0.3, -0.25) is 4.98 Å². The van der Waals surface area contributed by atoms with E-state index in [1.807, 2.05) is 0 Å². The zero-order chi connectivity index (χ0) is 12.8. The lowest BCUT2D eigenvalue weighted by atomic mass is 9.94. The molecule has 0 spiro atoms. The van der Waals surface area contributed by atoms with Crippen LogP contribution in [0.2, 0.25) is 0 Å². The van der Waals surface area contributed by atoms with Crippen molar-refractivity contribution in [2.75, 3.05) is 0 Å². The van der Waals surface area contributed by atoms with E-state index >= 15 is 0 Å². The Hall–Kier alpha value is -1.00. The van der Waals surface area contributed by atoms with E-state index in [4.69, 9.17) is 0 Å². The highest BCUT2D eigenvalue weighted by Gasteiger charge is 2.21. The molecule has 0 radical (unpaired) electrons. The van der Waals surface area contributed by atoms with Crippen molar-refractivity contribution < 1.29 is 9.50 Å². The predicted molar refractivity (Wildman–Crippen MR) is 69.4 cm³/mol. The third-order valence-corrected chi connectivity index (χ3v) is 3.08. The van der Waals surface area contributed by atoms with Crippen LogP contribution in [0.25, 0.3) is 10.9 Å². The maximum absolute atomic E-state index is 13.8. The van der Waals surface area contributed by atoms with Crippen molar-refractivity contribution in [2.45, 2.75) is 26.4 Å². The lowest BCUT2D eigenvalue weighted by Crippen LogP contribution is -2.17. The second kappa shape index (κ2) is 4.03. The van der Waals surface area contributed by atoms with Crippen LogP contribution < -0.4 is 0 Å². The summed E-state index contributed by atoms with van der Waals surface area (Å²) >= 11 is 3.25. The Labute approximate surface area is 108 Å². The van der Waals surface area contributed by atoms with Gasteiger partial charge in [0.15, 0.2) is 5.82 Å². The van der Waals surface area contributed by atoms with E-state index in [0.29, 0.717) is 26.6 Å². The number of hydrogen-bond acceptors (Lipinski definition) is 2. The molecule has 0 unspecified atom stereocenters. The number of aryl methyl sites for hydroxylation is 1. The number of aromatic nitrogens is 1. The number of fused-ring (bicyclic) bond motifs is 1. The first-order valence-electron chi connectivity index (χ1n) is 5.28. The molecule has 0 amide bonds. The molecule has 1 aromatic heterocycles. The predicted octanol–water partition coefficient (Wildman–Crippen LogP) is 3.67. The van der Waals surface area contributed by atoms with Gasteiger partial charge in [-0.1, -0.05) is 15.9 Å². The lowest BCUT2D eigenvalue weighted by Gasteiger charge is -2.20. The molecule has 2 nitrogen and oxygen atoms in total. The molecule has 0 aliphatic heterocycles. The molecule has 0 atom stereocenters. The fourth-order valence-electron chi connectivity index (χ4n) is 1.89. The van der Waals surface area contributed by atoms with Gasteiger partial charge in [-0.15, -0.1) is 0 Å². The number of pyridine rings is 1. The van der Waals surface area contributed by atoms with Crippen LogP contribution in [0.1, 0.15) is 25.1 Å². The molecule has 4 heteroatoms. The van der Waals surface area contributed by atoms with Crippen molar-refractivity contribution in [3.05, 3.63) is 39.7 Å². The van der Waals surface area contributed by atoms with Gasteiger partial charge in [-0.25, -0.2) is 4.39 Å². The summed E-state index contributed by atoms with van der Waals surface area (Å²) in [5.41, 5.74) is 0.639. The second-order valence-electron chi connectivity index (χ2n) is 4.65. The van der Waals surface area contributed by atoms with Gasteiger partial charge in [0.05, 0.1) is 5.60 Å². The maximum Gasteiger partial charge on any atom is 0.150 e. The van der Waals surface area contributed by atoms with Gasteiger partial charge >= 0.3 is 0 Å². The molecule has 1 N–H and O–H groups in total. The van der Waals surface area contributed by atoms with Crippen LogP contribution in [-0.4, -0.2) is 10.1 Å². The first-order valence-corrected chi connectivity index (χ1v) is 6.07. The van der Waals surface area contributed by atoms with Gasteiger partial charge in [0.1, 0.15) is 5.52 Å². The molecular formula is C13H13BrFNO. The standard InChI is InChI=1S/C13H13BrFNO/c1-7-4-10(13(2,3)17)9-5-8(14)6-11(15)12(9)16-7/h4-6,17H,1-3H3. The zero-order valence-corrected chi connectivity index (χ0v) is 11.5. The Balaban J connectivity index is 2.93. The zero-order valence-electron chi connectivity index (χ0n) is 9.88. The molecular weight excluding hydrogens is 285 g/mol. The minimum absolute atomic E-state index is 0.297. The average molecular weight is 298 g/mol. The van der Waals surface area contributed by atoms with E-state index in [9.17, 15) is 9.50 Å². The largest absolute Gasteiger partial charge is 0.386 e. The van der Waals surface area contributed by atoms with Crippen LogP contribution >= 0.6 is 15.9 Å². The van der Waals surface area contributed by atoms with Crippen molar-refractivity contribution in [1.29, 1.82) is 0 Å². The molecule has 0 saturated heterocycles. The third-order valence-electron chi connectivity index (χ3n) is 2.62. The molecule has 0 saturated carbocycles. The normalized spacial score (nSPS) is 12.1. The minimum Gasteiger partial charge on any atom is -0.386 e. The van der Waals surface area contributed by atoms with Gasteiger partial charge < -0.3 is 5.11 Å². The molecule has 0 aliphatic rings. The van der Waals surface area contributed by atoms with E-state index in [0.717, 1.165) is 0 Å². The third kappa shape index (κ3) is 2.33. The van der Waals surface area contributed by atoms with Crippen LogP contribution in [0.5, 0.6) is 0 Å². The number of aliphatic hydroxyl groups is 1. The van der Waals surface area contributed by atoms with Gasteiger partial charge in [0, 0.05) is 15.6 Å². The summed E-state index contributed by atoms with van der Waals surface area (Å²) < 4.78 is 14.5. The molecule has 0 bridgehead atoms. The monoisotopic (exact) mass is 297 g/mol. The number of hydrogen-bond donors (Lipinski definition) is 1. The lowest BCUT2D eigenvalue weighted by molar-refractivity contribution is 0.0800. The van der Waals surface area contributed by atoms with E-state index < -0.39 is 5.60 Å². The van der Waals surface area contributed by atoms with Crippen molar-refractivity contribution in [1.82, 2.24) is 4.98 Å². The van der Waals surface area contributed by atoms with Gasteiger partial charge in [-0.2, -0.15) is 0 Å². The summed E-state index contributed by atoms with van der Waals surface area (Å²) in [7, 11) is 0. The number of nitrogens with zero attached hydrogens (tertiary/aromatic N) is 1.